The molecule has 0 aromatic heterocycles. The molecule has 1 aliphatic carbocycles. The van der Waals surface area contributed by atoms with Crippen molar-refractivity contribution < 1.29 is 0 Å². The summed E-state index contributed by atoms with van der Waals surface area (Å²) in [5, 5.41) is 3.79. The van der Waals surface area contributed by atoms with Gasteiger partial charge in [-0.3, -0.25) is 4.90 Å². The Morgan fingerprint density at radius 2 is 1.85 bits per heavy atom. The molecule has 0 radical (unpaired) electrons. The van der Waals surface area contributed by atoms with Crippen molar-refractivity contribution in [3.8, 4) is 0 Å². The second-order valence-corrected chi connectivity index (χ2v) is 6.86. The van der Waals surface area contributed by atoms with Gasteiger partial charge in [0.15, 0.2) is 0 Å². The molecule has 1 saturated carbocycles. The van der Waals surface area contributed by atoms with Crippen LogP contribution in [0, 0.1) is 5.92 Å². The molecule has 0 spiro atoms. The van der Waals surface area contributed by atoms with Gasteiger partial charge in [-0.05, 0) is 38.8 Å². The first kappa shape index (κ1) is 16.3. The zero-order valence-corrected chi connectivity index (χ0v) is 13.9. The van der Waals surface area contributed by atoms with Gasteiger partial charge in [0.25, 0.3) is 0 Å². The van der Waals surface area contributed by atoms with Crippen molar-refractivity contribution in [2.75, 3.05) is 39.8 Å². The van der Waals surface area contributed by atoms with E-state index < -0.39 is 0 Å². The molecule has 2 unspecified atom stereocenters. The summed E-state index contributed by atoms with van der Waals surface area (Å²) in [6, 6.07) is 1.48. The Labute approximate surface area is 126 Å². The largest absolute Gasteiger partial charge is 0.313 e. The molecule has 0 bridgehead atoms. The van der Waals surface area contributed by atoms with Crippen LogP contribution in [0.1, 0.15) is 52.4 Å². The zero-order chi connectivity index (χ0) is 14.4. The van der Waals surface area contributed by atoms with E-state index in [1.807, 2.05) is 0 Å². The van der Waals surface area contributed by atoms with Gasteiger partial charge in [-0.1, -0.05) is 33.1 Å². The SMILES string of the molecule is CCNC(CN1CCN(C)C(CC)C1)C1CCCCC1. The van der Waals surface area contributed by atoms with Crippen LogP contribution < -0.4 is 5.32 Å². The molecule has 0 aromatic rings. The molecular weight excluding hydrogens is 246 g/mol. The molecule has 3 nitrogen and oxygen atoms in total. The molecule has 0 amide bonds. The third kappa shape index (κ3) is 4.44. The maximum atomic E-state index is 3.79. The number of likely N-dealkylation sites (N-methyl/N-ethyl adjacent to an activating group) is 2. The van der Waals surface area contributed by atoms with Gasteiger partial charge in [0.05, 0.1) is 0 Å². The Balaban J connectivity index is 1.86. The van der Waals surface area contributed by atoms with Crippen LogP contribution in [-0.4, -0.2) is 61.7 Å². The lowest BCUT2D eigenvalue weighted by Crippen LogP contribution is -2.55. The predicted octanol–water partition coefficient (Wildman–Crippen LogP) is 2.57. The monoisotopic (exact) mass is 281 g/mol. The number of nitrogens with one attached hydrogen (secondary N) is 1. The molecule has 1 heterocycles. The fourth-order valence-corrected chi connectivity index (χ4v) is 4.07. The third-order valence-corrected chi connectivity index (χ3v) is 5.47. The predicted molar refractivity (Wildman–Crippen MR) is 87.2 cm³/mol. The van der Waals surface area contributed by atoms with Crippen LogP contribution in [0.5, 0.6) is 0 Å². The van der Waals surface area contributed by atoms with Gasteiger partial charge in [0.2, 0.25) is 0 Å². The second-order valence-electron chi connectivity index (χ2n) is 6.86. The van der Waals surface area contributed by atoms with Crippen molar-refractivity contribution >= 4 is 0 Å². The molecule has 2 fully saturated rings. The van der Waals surface area contributed by atoms with Crippen molar-refractivity contribution in [2.24, 2.45) is 5.92 Å². The fraction of sp³-hybridized carbons (Fsp3) is 1.00. The summed E-state index contributed by atoms with van der Waals surface area (Å²) >= 11 is 0. The van der Waals surface area contributed by atoms with Crippen LogP contribution in [0.15, 0.2) is 0 Å². The molecule has 20 heavy (non-hydrogen) atoms. The van der Waals surface area contributed by atoms with Gasteiger partial charge < -0.3 is 10.2 Å². The first-order valence-electron chi connectivity index (χ1n) is 8.90. The zero-order valence-electron chi connectivity index (χ0n) is 13.9. The molecule has 1 aliphatic heterocycles. The van der Waals surface area contributed by atoms with Crippen LogP contribution in [0.25, 0.3) is 0 Å². The lowest BCUT2D eigenvalue weighted by molar-refractivity contribution is 0.0762. The van der Waals surface area contributed by atoms with Crippen molar-refractivity contribution in [2.45, 2.75) is 64.5 Å². The lowest BCUT2D eigenvalue weighted by atomic mass is 9.83. The summed E-state index contributed by atoms with van der Waals surface area (Å²) < 4.78 is 0. The summed E-state index contributed by atoms with van der Waals surface area (Å²) in [7, 11) is 2.29. The molecule has 3 heteroatoms. The number of rotatable bonds is 6. The van der Waals surface area contributed by atoms with Gasteiger partial charge in [-0.15, -0.1) is 0 Å². The maximum absolute atomic E-state index is 3.79. The summed E-state index contributed by atoms with van der Waals surface area (Å²) in [4.78, 5) is 5.26. The highest BCUT2D eigenvalue weighted by atomic mass is 15.3. The van der Waals surface area contributed by atoms with Crippen molar-refractivity contribution in [1.82, 2.24) is 15.1 Å². The van der Waals surface area contributed by atoms with Gasteiger partial charge >= 0.3 is 0 Å². The van der Waals surface area contributed by atoms with E-state index in [1.54, 1.807) is 0 Å². The van der Waals surface area contributed by atoms with E-state index in [1.165, 1.54) is 64.7 Å². The summed E-state index contributed by atoms with van der Waals surface area (Å²) in [5.74, 6) is 0.920. The first-order chi connectivity index (χ1) is 9.74. The average Bonchev–Trinajstić information content (AvgIpc) is 2.49. The van der Waals surface area contributed by atoms with Crippen molar-refractivity contribution in [3.63, 3.8) is 0 Å². The summed E-state index contributed by atoms with van der Waals surface area (Å²) in [5.41, 5.74) is 0. The minimum Gasteiger partial charge on any atom is -0.313 e. The van der Waals surface area contributed by atoms with Crippen LogP contribution in [0.4, 0.5) is 0 Å². The van der Waals surface area contributed by atoms with Crippen LogP contribution in [-0.2, 0) is 0 Å². The van der Waals surface area contributed by atoms with E-state index in [9.17, 15) is 0 Å². The quantitative estimate of drug-likeness (QED) is 0.807. The smallest absolute Gasteiger partial charge is 0.0223 e. The summed E-state index contributed by atoms with van der Waals surface area (Å²) in [6.45, 7) is 10.7. The van der Waals surface area contributed by atoms with Gasteiger partial charge in [0.1, 0.15) is 0 Å². The highest BCUT2D eigenvalue weighted by molar-refractivity contribution is 4.86. The Morgan fingerprint density at radius 1 is 1.10 bits per heavy atom. The van der Waals surface area contributed by atoms with Crippen LogP contribution in [0.3, 0.4) is 0 Å². The Hall–Kier alpha value is -0.120. The Bertz CT molecular complexity index is 263. The van der Waals surface area contributed by atoms with Crippen molar-refractivity contribution in [1.29, 1.82) is 0 Å². The maximum Gasteiger partial charge on any atom is 0.0223 e. The third-order valence-electron chi connectivity index (χ3n) is 5.47. The second kappa shape index (κ2) is 8.35. The molecular formula is C17H35N3. The molecule has 0 aromatic carbocycles. The highest BCUT2D eigenvalue weighted by Gasteiger charge is 2.28. The van der Waals surface area contributed by atoms with Gasteiger partial charge in [-0.25, -0.2) is 0 Å². The Kier molecular flexibility index (Phi) is 6.79. The fourth-order valence-electron chi connectivity index (χ4n) is 4.07. The number of hydrogen-bond donors (Lipinski definition) is 1. The highest BCUT2D eigenvalue weighted by Crippen LogP contribution is 2.27. The van der Waals surface area contributed by atoms with E-state index in [0.29, 0.717) is 0 Å². The van der Waals surface area contributed by atoms with Crippen molar-refractivity contribution in [3.05, 3.63) is 0 Å². The molecule has 118 valence electrons. The van der Waals surface area contributed by atoms with E-state index in [-0.39, 0.29) is 0 Å². The minimum absolute atomic E-state index is 0.723. The Morgan fingerprint density at radius 3 is 2.50 bits per heavy atom. The number of piperazine rings is 1. The van der Waals surface area contributed by atoms with E-state index in [4.69, 9.17) is 0 Å². The molecule has 1 N–H and O–H groups in total. The topological polar surface area (TPSA) is 18.5 Å². The molecule has 2 rings (SSSR count). The van der Waals surface area contributed by atoms with Gasteiger partial charge in [0, 0.05) is 38.3 Å². The lowest BCUT2D eigenvalue weighted by Gasteiger charge is -2.42. The van der Waals surface area contributed by atoms with E-state index in [2.05, 4.69) is 36.0 Å². The molecule has 2 aliphatic rings. The molecule has 1 saturated heterocycles. The van der Waals surface area contributed by atoms with E-state index in [0.717, 1.165) is 24.5 Å². The van der Waals surface area contributed by atoms with Crippen LogP contribution in [0.2, 0.25) is 0 Å². The van der Waals surface area contributed by atoms with Crippen LogP contribution >= 0.6 is 0 Å². The summed E-state index contributed by atoms with van der Waals surface area (Å²) in [6.07, 6.45) is 8.54. The first-order valence-corrected chi connectivity index (χ1v) is 8.90. The molecule has 2 atom stereocenters. The van der Waals surface area contributed by atoms with Gasteiger partial charge in [-0.2, -0.15) is 0 Å². The number of nitrogens with zero attached hydrogens (tertiary/aromatic N) is 2. The average molecular weight is 281 g/mol. The normalized spacial score (nSPS) is 28.6. The van der Waals surface area contributed by atoms with E-state index >= 15 is 0 Å². The number of hydrogen-bond acceptors (Lipinski definition) is 3. The minimum atomic E-state index is 0.723. The standard InChI is InChI=1S/C17H35N3/c1-4-16-13-20(12-11-19(16)3)14-17(18-5-2)15-9-7-6-8-10-15/h15-18H,4-14H2,1-3H3.